The number of hydrogen-bond donors (Lipinski definition) is 1. The number of benzene rings is 3. The van der Waals surface area contributed by atoms with Crippen molar-refractivity contribution < 1.29 is 22.7 Å². The van der Waals surface area contributed by atoms with Crippen molar-refractivity contribution in [2.24, 2.45) is 0 Å². The van der Waals surface area contributed by atoms with Gasteiger partial charge in [0.05, 0.1) is 21.2 Å². The highest BCUT2D eigenvalue weighted by atomic mass is 35.5. The molecule has 0 radical (unpaired) electrons. The number of fused-ring (bicyclic) bond motifs is 1. The van der Waals surface area contributed by atoms with Gasteiger partial charge in [0.1, 0.15) is 5.75 Å². The minimum atomic E-state index is -3.76. The van der Waals surface area contributed by atoms with E-state index in [1.807, 2.05) is 0 Å². The van der Waals surface area contributed by atoms with E-state index in [0.717, 1.165) is 5.56 Å². The Kier molecular flexibility index (Phi) is 7.04. The number of ether oxygens (including phenoxy) is 1. The second kappa shape index (κ2) is 9.84. The van der Waals surface area contributed by atoms with E-state index in [1.165, 1.54) is 30.8 Å². The number of hydrogen-bond acceptors (Lipinski definition) is 6. The van der Waals surface area contributed by atoms with E-state index in [1.54, 1.807) is 54.6 Å². The molecular formula is C24H17Cl2NO5S2. The zero-order chi connectivity index (χ0) is 24.5. The van der Waals surface area contributed by atoms with Crippen LogP contribution in [0.1, 0.15) is 18.1 Å². The lowest BCUT2D eigenvalue weighted by molar-refractivity contribution is -0.131. The normalized spacial score (nSPS) is 14.4. The fourth-order valence-electron chi connectivity index (χ4n) is 3.23. The van der Waals surface area contributed by atoms with Gasteiger partial charge in [0, 0.05) is 27.4 Å². The van der Waals surface area contributed by atoms with Crippen LogP contribution in [0, 0.1) is 0 Å². The number of thioether (sulfide) groups is 1. The number of carbonyl (C=O) groups is 2. The second-order valence-electron chi connectivity index (χ2n) is 7.34. The van der Waals surface area contributed by atoms with E-state index in [2.05, 4.69) is 5.32 Å². The number of carbonyl (C=O) groups excluding carboxylic acids is 2. The van der Waals surface area contributed by atoms with Gasteiger partial charge in [-0.1, -0.05) is 53.2 Å². The van der Waals surface area contributed by atoms with Crippen LogP contribution in [0.5, 0.6) is 5.75 Å². The molecule has 1 amide bonds. The van der Waals surface area contributed by atoms with Crippen LogP contribution in [-0.4, -0.2) is 20.3 Å². The van der Waals surface area contributed by atoms with E-state index in [4.69, 9.17) is 27.9 Å². The van der Waals surface area contributed by atoms with Crippen molar-refractivity contribution in [3.05, 3.63) is 86.7 Å². The van der Waals surface area contributed by atoms with Crippen molar-refractivity contribution in [3.8, 4) is 5.75 Å². The molecule has 6 nitrogen and oxygen atoms in total. The van der Waals surface area contributed by atoms with Gasteiger partial charge in [0.15, 0.2) is 9.84 Å². The molecule has 10 heteroatoms. The van der Waals surface area contributed by atoms with E-state index < -0.39 is 15.8 Å². The molecule has 1 N–H and O–H groups in total. The van der Waals surface area contributed by atoms with Gasteiger partial charge in [0.2, 0.25) is 0 Å². The lowest BCUT2D eigenvalue weighted by atomic mass is 10.2. The smallest absolute Gasteiger partial charge is 0.308 e. The molecule has 0 aliphatic carbocycles. The molecule has 0 unspecified atom stereocenters. The number of nitrogens with one attached hydrogen (secondary N) is 1. The third-order valence-corrected chi connectivity index (χ3v) is 8.29. The Labute approximate surface area is 210 Å². The van der Waals surface area contributed by atoms with Gasteiger partial charge in [-0.3, -0.25) is 9.59 Å². The standard InChI is InChI=1S/C24H17Cl2NO5S2/c1-14(28)32-16-7-5-15(6-8-16)11-23-24(29)27-21-12-17(9-10-22(21)33-23)34(30,31)13-18-19(25)3-2-4-20(18)26/h2-12H,13H2,1H3,(H,27,29)/b23-11-. The molecule has 0 saturated carbocycles. The molecule has 0 bridgehead atoms. The maximum atomic E-state index is 13.0. The topological polar surface area (TPSA) is 89.5 Å². The Hall–Kier alpha value is -2.78. The number of rotatable bonds is 5. The van der Waals surface area contributed by atoms with Crippen molar-refractivity contribution in [2.75, 3.05) is 5.32 Å². The first-order chi connectivity index (χ1) is 16.1. The monoisotopic (exact) mass is 533 g/mol. The molecule has 1 aliphatic heterocycles. The first-order valence-electron chi connectivity index (χ1n) is 9.91. The summed E-state index contributed by atoms with van der Waals surface area (Å²) in [4.78, 5) is 24.9. The number of sulfone groups is 1. The summed E-state index contributed by atoms with van der Waals surface area (Å²) in [6, 6.07) is 16.1. The molecule has 1 heterocycles. The van der Waals surface area contributed by atoms with E-state index >= 15 is 0 Å². The number of esters is 1. The zero-order valence-corrected chi connectivity index (χ0v) is 20.8. The van der Waals surface area contributed by atoms with Gasteiger partial charge in [0.25, 0.3) is 5.91 Å². The Bertz CT molecular complexity index is 1410. The van der Waals surface area contributed by atoms with Gasteiger partial charge in [-0.25, -0.2) is 8.42 Å². The molecule has 0 aromatic heterocycles. The number of amides is 1. The van der Waals surface area contributed by atoms with Crippen molar-refractivity contribution in [1.82, 2.24) is 0 Å². The van der Waals surface area contributed by atoms with Crippen molar-refractivity contribution in [3.63, 3.8) is 0 Å². The first kappa shape index (κ1) is 24.3. The zero-order valence-electron chi connectivity index (χ0n) is 17.7. The molecule has 0 atom stereocenters. The number of anilines is 1. The van der Waals surface area contributed by atoms with Gasteiger partial charge in [-0.15, -0.1) is 0 Å². The third kappa shape index (κ3) is 5.47. The maximum Gasteiger partial charge on any atom is 0.308 e. The molecule has 3 aromatic carbocycles. The minimum Gasteiger partial charge on any atom is -0.427 e. The highest BCUT2D eigenvalue weighted by molar-refractivity contribution is 8.04. The summed E-state index contributed by atoms with van der Waals surface area (Å²) in [5.74, 6) is -0.723. The highest BCUT2D eigenvalue weighted by Crippen LogP contribution is 2.40. The van der Waals surface area contributed by atoms with Crippen LogP contribution in [0.3, 0.4) is 0 Å². The lowest BCUT2D eigenvalue weighted by Gasteiger charge is -2.19. The quantitative estimate of drug-likeness (QED) is 0.246. The van der Waals surface area contributed by atoms with E-state index in [0.29, 0.717) is 26.8 Å². The molecule has 1 aliphatic rings. The van der Waals surface area contributed by atoms with Crippen LogP contribution in [0.2, 0.25) is 10.0 Å². The Morgan fingerprint density at radius 3 is 2.38 bits per heavy atom. The second-order valence-corrected chi connectivity index (χ2v) is 11.2. The molecular weight excluding hydrogens is 517 g/mol. The molecule has 0 spiro atoms. The average molecular weight is 534 g/mol. The fourth-order valence-corrected chi connectivity index (χ4v) is 6.28. The van der Waals surface area contributed by atoms with E-state index in [9.17, 15) is 18.0 Å². The third-order valence-electron chi connectivity index (χ3n) is 4.84. The fraction of sp³-hybridized carbons (Fsp3) is 0.0833. The summed E-state index contributed by atoms with van der Waals surface area (Å²) >= 11 is 13.5. The highest BCUT2D eigenvalue weighted by Gasteiger charge is 2.25. The van der Waals surface area contributed by atoms with Crippen LogP contribution >= 0.6 is 35.0 Å². The summed E-state index contributed by atoms with van der Waals surface area (Å²) < 4.78 is 31.0. The van der Waals surface area contributed by atoms with Crippen molar-refractivity contribution >= 4 is 68.4 Å². The van der Waals surface area contributed by atoms with Crippen molar-refractivity contribution in [2.45, 2.75) is 22.5 Å². The average Bonchev–Trinajstić information content (AvgIpc) is 2.77. The van der Waals surface area contributed by atoms with Gasteiger partial charge < -0.3 is 10.1 Å². The Balaban J connectivity index is 1.56. The lowest BCUT2D eigenvalue weighted by Crippen LogP contribution is -2.18. The molecule has 0 saturated heterocycles. The predicted octanol–water partition coefficient (Wildman–Crippen LogP) is 5.98. The van der Waals surface area contributed by atoms with Gasteiger partial charge >= 0.3 is 5.97 Å². The molecule has 34 heavy (non-hydrogen) atoms. The number of halogens is 2. The van der Waals surface area contributed by atoms with Crippen LogP contribution < -0.4 is 10.1 Å². The maximum absolute atomic E-state index is 13.0. The molecule has 3 aromatic rings. The Morgan fingerprint density at radius 1 is 1.06 bits per heavy atom. The van der Waals surface area contributed by atoms with Gasteiger partial charge in [-0.2, -0.15) is 0 Å². The SMILES string of the molecule is CC(=O)Oc1ccc(/C=C2\Sc3ccc(S(=O)(=O)Cc4c(Cl)cccc4Cl)cc3NC2=O)cc1. The predicted molar refractivity (Wildman–Crippen MR) is 134 cm³/mol. The molecule has 4 rings (SSSR count). The molecule has 0 fully saturated rings. The van der Waals surface area contributed by atoms with Crippen LogP contribution in [0.4, 0.5) is 5.69 Å². The van der Waals surface area contributed by atoms with E-state index in [-0.39, 0.29) is 26.6 Å². The summed E-state index contributed by atoms with van der Waals surface area (Å²) in [6.07, 6.45) is 1.70. The van der Waals surface area contributed by atoms with Crippen molar-refractivity contribution in [1.29, 1.82) is 0 Å². The first-order valence-corrected chi connectivity index (χ1v) is 13.1. The van der Waals surface area contributed by atoms with Crippen LogP contribution in [0.25, 0.3) is 6.08 Å². The summed E-state index contributed by atoms with van der Waals surface area (Å²) in [5, 5.41) is 3.30. The molecule has 174 valence electrons. The van der Waals surface area contributed by atoms with Gasteiger partial charge in [-0.05, 0) is 54.1 Å². The summed E-state index contributed by atoms with van der Waals surface area (Å²) in [6.45, 7) is 1.32. The largest absolute Gasteiger partial charge is 0.427 e. The Morgan fingerprint density at radius 2 is 1.74 bits per heavy atom. The summed E-state index contributed by atoms with van der Waals surface area (Å²) in [7, 11) is -3.76. The van der Waals surface area contributed by atoms with Crippen LogP contribution in [0.15, 0.2) is 75.4 Å². The minimum absolute atomic E-state index is 0.0524. The summed E-state index contributed by atoms with van der Waals surface area (Å²) in [5.41, 5.74) is 1.48. The van der Waals surface area contributed by atoms with Crippen LogP contribution in [-0.2, 0) is 25.2 Å².